The molecule has 0 aromatic carbocycles. The number of piperidine rings is 1. The average molecular weight is 249 g/mol. The van der Waals surface area contributed by atoms with Crippen LogP contribution in [0.2, 0.25) is 0 Å². The standard InChI is InChI=1S/C11H23NO3S/c1-10-4-6-12(7-5-10)16(14,15)9-11(2,3)8-13/h10,13H,4-9H2,1-3H3. The Balaban J connectivity index is 2.64. The van der Waals surface area contributed by atoms with Gasteiger partial charge in [0.1, 0.15) is 0 Å². The number of sulfonamides is 1. The number of nitrogens with zero attached hydrogens (tertiary/aromatic N) is 1. The molecule has 1 saturated heterocycles. The summed E-state index contributed by atoms with van der Waals surface area (Å²) in [7, 11) is -3.20. The Hall–Kier alpha value is -0.130. The van der Waals surface area contributed by atoms with Crippen LogP contribution < -0.4 is 0 Å². The molecular formula is C11H23NO3S. The first-order chi connectivity index (χ1) is 7.27. The quantitative estimate of drug-likeness (QED) is 0.810. The summed E-state index contributed by atoms with van der Waals surface area (Å²) >= 11 is 0. The van der Waals surface area contributed by atoms with Crippen molar-refractivity contribution in [3.63, 3.8) is 0 Å². The predicted molar refractivity (Wildman–Crippen MR) is 64.6 cm³/mol. The maximum absolute atomic E-state index is 12.1. The van der Waals surface area contributed by atoms with Crippen LogP contribution in [-0.4, -0.2) is 43.3 Å². The molecule has 16 heavy (non-hydrogen) atoms. The minimum atomic E-state index is -3.20. The van der Waals surface area contributed by atoms with Crippen LogP contribution in [0.4, 0.5) is 0 Å². The van der Waals surface area contributed by atoms with E-state index in [9.17, 15) is 8.42 Å². The molecule has 1 aliphatic rings. The van der Waals surface area contributed by atoms with E-state index in [1.165, 1.54) is 0 Å². The Morgan fingerprint density at radius 3 is 2.25 bits per heavy atom. The van der Waals surface area contributed by atoms with Crippen molar-refractivity contribution in [1.29, 1.82) is 0 Å². The minimum Gasteiger partial charge on any atom is -0.396 e. The summed E-state index contributed by atoms with van der Waals surface area (Å²) in [4.78, 5) is 0. The van der Waals surface area contributed by atoms with Gasteiger partial charge in [-0.2, -0.15) is 0 Å². The molecule has 0 radical (unpaired) electrons. The third-order valence-corrected chi connectivity index (χ3v) is 5.44. The molecule has 0 aromatic rings. The normalized spacial score (nSPS) is 21.2. The van der Waals surface area contributed by atoms with E-state index in [2.05, 4.69) is 6.92 Å². The molecule has 0 bridgehead atoms. The van der Waals surface area contributed by atoms with Crippen LogP contribution in [0.25, 0.3) is 0 Å². The van der Waals surface area contributed by atoms with Crippen molar-refractivity contribution in [3.8, 4) is 0 Å². The summed E-state index contributed by atoms with van der Waals surface area (Å²) in [5, 5.41) is 9.11. The molecule has 1 fully saturated rings. The summed E-state index contributed by atoms with van der Waals surface area (Å²) in [5.74, 6) is 0.655. The van der Waals surface area contributed by atoms with E-state index in [-0.39, 0.29) is 12.4 Å². The molecule has 1 heterocycles. The van der Waals surface area contributed by atoms with Crippen molar-refractivity contribution in [2.24, 2.45) is 11.3 Å². The highest BCUT2D eigenvalue weighted by Crippen LogP contribution is 2.23. The van der Waals surface area contributed by atoms with Gasteiger partial charge in [-0.05, 0) is 18.8 Å². The van der Waals surface area contributed by atoms with Gasteiger partial charge >= 0.3 is 0 Å². The first kappa shape index (κ1) is 13.9. The SMILES string of the molecule is CC1CCN(S(=O)(=O)CC(C)(C)CO)CC1. The number of hydrogen-bond donors (Lipinski definition) is 1. The molecule has 5 heteroatoms. The molecule has 0 amide bonds. The van der Waals surface area contributed by atoms with Gasteiger partial charge in [0, 0.05) is 25.1 Å². The van der Waals surface area contributed by atoms with Gasteiger partial charge in [0.25, 0.3) is 0 Å². The Kier molecular flexibility index (Phi) is 4.37. The predicted octanol–water partition coefficient (Wildman–Crippen LogP) is 1.07. The van der Waals surface area contributed by atoms with Gasteiger partial charge in [-0.3, -0.25) is 0 Å². The Morgan fingerprint density at radius 1 is 1.31 bits per heavy atom. The average Bonchev–Trinajstić information content (AvgIpc) is 2.17. The van der Waals surface area contributed by atoms with Gasteiger partial charge in [0.05, 0.1) is 5.75 Å². The van der Waals surface area contributed by atoms with Crippen molar-refractivity contribution in [2.45, 2.75) is 33.6 Å². The first-order valence-electron chi connectivity index (χ1n) is 5.85. The summed E-state index contributed by atoms with van der Waals surface area (Å²) in [6.07, 6.45) is 1.89. The smallest absolute Gasteiger partial charge is 0.214 e. The highest BCUT2D eigenvalue weighted by atomic mass is 32.2. The molecule has 0 aromatic heterocycles. The zero-order valence-corrected chi connectivity index (χ0v) is 11.3. The largest absolute Gasteiger partial charge is 0.396 e. The highest BCUT2D eigenvalue weighted by molar-refractivity contribution is 7.89. The van der Waals surface area contributed by atoms with Crippen LogP contribution >= 0.6 is 0 Å². The monoisotopic (exact) mass is 249 g/mol. The van der Waals surface area contributed by atoms with Crippen LogP contribution in [0.1, 0.15) is 33.6 Å². The lowest BCUT2D eigenvalue weighted by Crippen LogP contribution is -2.42. The molecule has 0 atom stereocenters. The summed E-state index contributed by atoms with van der Waals surface area (Å²) in [5.41, 5.74) is -0.554. The van der Waals surface area contributed by atoms with E-state index in [1.54, 1.807) is 18.2 Å². The number of aliphatic hydroxyl groups is 1. The summed E-state index contributed by atoms with van der Waals surface area (Å²) < 4.78 is 25.7. The fourth-order valence-corrected chi connectivity index (χ4v) is 3.92. The number of aliphatic hydroxyl groups excluding tert-OH is 1. The lowest BCUT2D eigenvalue weighted by Gasteiger charge is -2.32. The molecule has 1 rings (SSSR count). The van der Waals surface area contributed by atoms with Crippen LogP contribution in [0.5, 0.6) is 0 Å². The topological polar surface area (TPSA) is 57.6 Å². The van der Waals surface area contributed by atoms with Crippen molar-refractivity contribution in [2.75, 3.05) is 25.4 Å². The maximum Gasteiger partial charge on any atom is 0.214 e. The van der Waals surface area contributed by atoms with Crippen molar-refractivity contribution in [1.82, 2.24) is 4.31 Å². The second-order valence-corrected chi connectivity index (χ2v) is 7.63. The van der Waals surface area contributed by atoms with E-state index >= 15 is 0 Å². The van der Waals surface area contributed by atoms with Gasteiger partial charge in [-0.1, -0.05) is 20.8 Å². The first-order valence-corrected chi connectivity index (χ1v) is 7.46. The molecule has 0 saturated carbocycles. The fraction of sp³-hybridized carbons (Fsp3) is 1.00. The highest BCUT2D eigenvalue weighted by Gasteiger charge is 2.32. The van der Waals surface area contributed by atoms with E-state index in [1.807, 2.05) is 0 Å². The van der Waals surface area contributed by atoms with E-state index in [4.69, 9.17) is 5.11 Å². The van der Waals surface area contributed by atoms with Crippen LogP contribution in [0, 0.1) is 11.3 Å². The second kappa shape index (κ2) is 5.02. The fourth-order valence-electron chi connectivity index (χ4n) is 1.89. The summed E-state index contributed by atoms with van der Waals surface area (Å²) in [6.45, 7) is 6.86. The molecule has 0 aliphatic carbocycles. The van der Waals surface area contributed by atoms with Gasteiger partial charge in [0.15, 0.2) is 0 Å². The van der Waals surface area contributed by atoms with E-state index < -0.39 is 15.4 Å². The Bertz CT molecular complexity index is 316. The van der Waals surface area contributed by atoms with Crippen LogP contribution in [0.15, 0.2) is 0 Å². The van der Waals surface area contributed by atoms with Gasteiger partial charge in [0.2, 0.25) is 10.0 Å². The number of rotatable bonds is 4. The third-order valence-electron chi connectivity index (χ3n) is 3.14. The van der Waals surface area contributed by atoms with Crippen molar-refractivity contribution >= 4 is 10.0 Å². The lowest BCUT2D eigenvalue weighted by molar-refractivity contribution is 0.176. The van der Waals surface area contributed by atoms with Gasteiger partial charge in [-0.15, -0.1) is 0 Å². The van der Waals surface area contributed by atoms with E-state index in [0.29, 0.717) is 19.0 Å². The molecule has 0 spiro atoms. The second-order valence-electron chi connectivity index (χ2n) is 5.66. The van der Waals surface area contributed by atoms with Crippen molar-refractivity contribution in [3.05, 3.63) is 0 Å². The lowest BCUT2D eigenvalue weighted by atomic mass is 9.98. The number of hydrogen-bond acceptors (Lipinski definition) is 3. The maximum atomic E-state index is 12.1. The van der Waals surface area contributed by atoms with E-state index in [0.717, 1.165) is 12.8 Å². The molecular weight excluding hydrogens is 226 g/mol. The third kappa shape index (κ3) is 3.71. The molecule has 0 unspecified atom stereocenters. The molecule has 1 aliphatic heterocycles. The zero-order chi connectivity index (χ0) is 12.4. The van der Waals surface area contributed by atoms with Gasteiger partial charge < -0.3 is 5.11 Å². The zero-order valence-electron chi connectivity index (χ0n) is 10.4. The molecule has 96 valence electrons. The summed E-state index contributed by atoms with van der Waals surface area (Å²) in [6, 6.07) is 0. The van der Waals surface area contributed by atoms with Crippen LogP contribution in [-0.2, 0) is 10.0 Å². The minimum absolute atomic E-state index is 0.0326. The van der Waals surface area contributed by atoms with Crippen molar-refractivity contribution < 1.29 is 13.5 Å². The molecule has 4 nitrogen and oxygen atoms in total. The Labute approximate surface area is 98.7 Å². The van der Waals surface area contributed by atoms with Gasteiger partial charge in [-0.25, -0.2) is 12.7 Å². The molecule has 1 N–H and O–H groups in total. The Morgan fingerprint density at radius 2 is 1.81 bits per heavy atom. The van der Waals surface area contributed by atoms with Crippen LogP contribution in [0.3, 0.4) is 0 Å².